The number of hydrogen-bond donors (Lipinski definition) is 3. The molecule has 0 fully saturated rings. The molecule has 0 heterocycles. The fourth-order valence-corrected chi connectivity index (χ4v) is 0.907. The summed E-state index contributed by atoms with van der Waals surface area (Å²) < 4.78 is 0. The van der Waals surface area contributed by atoms with E-state index in [1.807, 2.05) is 0 Å². The third-order valence-corrected chi connectivity index (χ3v) is 1.84. The topological polar surface area (TPSA) is 53.2 Å². The second-order valence-corrected chi connectivity index (χ2v) is 3.10. The minimum Gasteiger partial charge on any atom is -0.366 e. The van der Waals surface area contributed by atoms with Gasteiger partial charge >= 0.3 is 0 Å². The zero-order chi connectivity index (χ0) is 10.1. The fourth-order valence-electron chi connectivity index (χ4n) is 0.805. The van der Waals surface area contributed by atoms with Crippen molar-refractivity contribution in [1.29, 1.82) is 0 Å². The highest BCUT2D eigenvalue weighted by Gasteiger charge is 1.92. The maximum Gasteiger partial charge on any atom is 0.216 e. The molecule has 0 bridgehead atoms. The molecule has 0 aromatic carbocycles. The van der Waals surface area contributed by atoms with Crippen molar-refractivity contribution in [3.05, 3.63) is 0 Å². The van der Waals surface area contributed by atoms with Crippen LogP contribution in [-0.2, 0) is 4.79 Å². The molecule has 0 radical (unpaired) electrons. The van der Waals surface area contributed by atoms with Gasteiger partial charge in [-0.2, -0.15) is 0 Å². The molecule has 1 amide bonds. The Morgan fingerprint density at radius 2 is 1.77 bits per heavy atom. The number of amides is 1. The quantitative estimate of drug-likeness (QED) is 0.435. The van der Waals surface area contributed by atoms with Crippen molar-refractivity contribution in [1.82, 2.24) is 16.0 Å². The van der Waals surface area contributed by atoms with Gasteiger partial charge in [0, 0.05) is 27.1 Å². The van der Waals surface area contributed by atoms with Crippen LogP contribution in [0.3, 0.4) is 0 Å². The maximum absolute atomic E-state index is 10.5. The van der Waals surface area contributed by atoms with Gasteiger partial charge in [-0.15, -0.1) is 0 Å². The van der Waals surface area contributed by atoms with Gasteiger partial charge in [0.25, 0.3) is 0 Å². The molecular formula is C8H17N3OS. The van der Waals surface area contributed by atoms with Crippen molar-refractivity contribution in [3.8, 4) is 0 Å². The van der Waals surface area contributed by atoms with Gasteiger partial charge in [-0.3, -0.25) is 4.79 Å². The Balaban J connectivity index is 3.08. The summed E-state index contributed by atoms with van der Waals surface area (Å²) in [6, 6.07) is 0. The fraction of sp³-hybridized carbons (Fsp3) is 0.750. The summed E-state index contributed by atoms with van der Waals surface area (Å²) in [5, 5.41) is 9.25. The third-order valence-electron chi connectivity index (χ3n) is 1.49. The first-order valence-corrected chi connectivity index (χ1v) is 4.77. The number of thiocarbonyl (C=S) groups is 1. The summed E-state index contributed by atoms with van der Waals surface area (Å²) in [5.41, 5.74) is 0. The third kappa shape index (κ3) is 9.07. The van der Waals surface area contributed by atoms with Crippen LogP contribution in [-0.4, -0.2) is 31.2 Å². The monoisotopic (exact) mass is 203 g/mol. The Bertz CT molecular complexity index is 173. The molecule has 0 spiro atoms. The van der Waals surface area contributed by atoms with Crippen LogP contribution in [0.15, 0.2) is 0 Å². The molecule has 4 nitrogen and oxygen atoms in total. The van der Waals surface area contributed by atoms with E-state index in [1.165, 1.54) is 6.92 Å². The summed E-state index contributed by atoms with van der Waals surface area (Å²) in [5.74, 6) is 0.0266. The summed E-state index contributed by atoms with van der Waals surface area (Å²) in [6.45, 7) is 3.11. The van der Waals surface area contributed by atoms with Crippen LogP contribution in [0.5, 0.6) is 0 Å². The number of rotatable bonds is 5. The lowest BCUT2D eigenvalue weighted by atomic mass is 10.3. The van der Waals surface area contributed by atoms with E-state index in [0.29, 0.717) is 5.11 Å². The van der Waals surface area contributed by atoms with Crippen molar-refractivity contribution < 1.29 is 4.79 Å². The van der Waals surface area contributed by atoms with Crippen molar-refractivity contribution in [3.63, 3.8) is 0 Å². The van der Waals surface area contributed by atoms with Crippen molar-refractivity contribution in [2.24, 2.45) is 0 Å². The summed E-state index contributed by atoms with van der Waals surface area (Å²) in [4.78, 5) is 10.5. The smallest absolute Gasteiger partial charge is 0.216 e. The predicted octanol–water partition coefficient (Wildman–Crippen LogP) is -0.00340. The molecule has 5 heteroatoms. The van der Waals surface area contributed by atoms with Crippen LogP contribution in [0.25, 0.3) is 0 Å². The van der Waals surface area contributed by atoms with E-state index in [-0.39, 0.29) is 5.91 Å². The zero-order valence-electron chi connectivity index (χ0n) is 8.14. The average molecular weight is 203 g/mol. The molecule has 0 rings (SSSR count). The lowest BCUT2D eigenvalue weighted by Crippen LogP contribution is -2.33. The molecule has 0 saturated heterocycles. The normalized spacial score (nSPS) is 9.08. The average Bonchev–Trinajstić information content (AvgIpc) is 2.10. The number of carbonyl (C=O) groups is 1. The summed E-state index contributed by atoms with van der Waals surface area (Å²) in [7, 11) is 1.78. The predicted molar refractivity (Wildman–Crippen MR) is 57.6 cm³/mol. The maximum atomic E-state index is 10.5. The molecule has 0 atom stereocenters. The van der Waals surface area contributed by atoms with Crippen LogP contribution < -0.4 is 16.0 Å². The Morgan fingerprint density at radius 1 is 1.23 bits per heavy atom. The van der Waals surface area contributed by atoms with Crippen LogP contribution in [0, 0.1) is 0 Å². The molecule has 0 aliphatic carbocycles. The highest BCUT2D eigenvalue weighted by atomic mass is 32.1. The largest absolute Gasteiger partial charge is 0.366 e. The Morgan fingerprint density at radius 3 is 2.23 bits per heavy atom. The van der Waals surface area contributed by atoms with E-state index < -0.39 is 0 Å². The van der Waals surface area contributed by atoms with E-state index in [2.05, 4.69) is 16.0 Å². The van der Waals surface area contributed by atoms with Gasteiger partial charge in [-0.1, -0.05) is 0 Å². The number of unbranched alkanes of at least 4 members (excludes halogenated alkanes) is 1. The molecule has 0 aliphatic heterocycles. The van der Waals surface area contributed by atoms with Gasteiger partial charge < -0.3 is 16.0 Å². The summed E-state index contributed by atoms with van der Waals surface area (Å²) in [6.07, 6.45) is 1.97. The van der Waals surface area contributed by atoms with E-state index >= 15 is 0 Å². The minimum absolute atomic E-state index is 0.0266. The first kappa shape index (κ1) is 12.2. The highest BCUT2D eigenvalue weighted by Crippen LogP contribution is 1.84. The first-order chi connectivity index (χ1) is 6.16. The van der Waals surface area contributed by atoms with Crippen molar-refractivity contribution in [2.45, 2.75) is 19.8 Å². The zero-order valence-corrected chi connectivity index (χ0v) is 8.96. The second kappa shape index (κ2) is 7.79. The standard InChI is InChI=1S/C8H17N3OS/c1-7(12)10-5-3-4-6-11-8(13)9-2/h3-6H2,1-2H3,(H,10,12)(H2,9,11,13). The van der Waals surface area contributed by atoms with Gasteiger partial charge in [0.1, 0.15) is 0 Å². The van der Waals surface area contributed by atoms with Crippen LogP contribution in [0.2, 0.25) is 0 Å². The molecule has 3 N–H and O–H groups in total. The lowest BCUT2D eigenvalue weighted by molar-refractivity contribution is -0.118. The minimum atomic E-state index is 0.0266. The van der Waals surface area contributed by atoms with E-state index in [0.717, 1.165) is 25.9 Å². The van der Waals surface area contributed by atoms with E-state index in [1.54, 1.807) is 7.05 Å². The van der Waals surface area contributed by atoms with Gasteiger partial charge in [0.15, 0.2) is 5.11 Å². The van der Waals surface area contributed by atoms with Crippen molar-refractivity contribution in [2.75, 3.05) is 20.1 Å². The second-order valence-electron chi connectivity index (χ2n) is 2.70. The highest BCUT2D eigenvalue weighted by molar-refractivity contribution is 7.80. The molecule has 0 unspecified atom stereocenters. The SMILES string of the molecule is CNC(=S)NCCCCNC(C)=O. The Hall–Kier alpha value is -0.840. The van der Waals surface area contributed by atoms with E-state index in [9.17, 15) is 4.79 Å². The first-order valence-electron chi connectivity index (χ1n) is 4.37. The lowest BCUT2D eigenvalue weighted by Gasteiger charge is -2.06. The van der Waals surface area contributed by atoms with E-state index in [4.69, 9.17) is 12.2 Å². The molecule has 13 heavy (non-hydrogen) atoms. The Kier molecular flexibility index (Phi) is 7.29. The van der Waals surface area contributed by atoms with Gasteiger partial charge in [-0.05, 0) is 25.1 Å². The van der Waals surface area contributed by atoms with Gasteiger partial charge in [0.2, 0.25) is 5.91 Å². The number of nitrogens with one attached hydrogen (secondary N) is 3. The van der Waals surface area contributed by atoms with Gasteiger partial charge in [-0.25, -0.2) is 0 Å². The molecular weight excluding hydrogens is 186 g/mol. The van der Waals surface area contributed by atoms with Crippen LogP contribution in [0.4, 0.5) is 0 Å². The van der Waals surface area contributed by atoms with Crippen LogP contribution in [0.1, 0.15) is 19.8 Å². The van der Waals surface area contributed by atoms with Crippen LogP contribution >= 0.6 is 12.2 Å². The Labute approximate surface area is 84.5 Å². The molecule has 76 valence electrons. The summed E-state index contributed by atoms with van der Waals surface area (Å²) >= 11 is 4.88. The van der Waals surface area contributed by atoms with Gasteiger partial charge in [0.05, 0.1) is 0 Å². The molecule has 0 aromatic rings. The van der Waals surface area contributed by atoms with Crippen molar-refractivity contribution >= 4 is 23.2 Å². The molecule has 0 aliphatic rings. The molecule has 0 saturated carbocycles. The number of hydrogen-bond acceptors (Lipinski definition) is 2. The number of carbonyl (C=O) groups excluding carboxylic acids is 1. The molecule has 0 aromatic heterocycles.